The fourth-order valence-corrected chi connectivity index (χ4v) is 3.30. The molecule has 0 atom stereocenters. The minimum absolute atomic E-state index is 0.0501. The van der Waals surface area contributed by atoms with Gasteiger partial charge in [0.15, 0.2) is 0 Å². The van der Waals surface area contributed by atoms with Gasteiger partial charge in [-0.15, -0.1) is 11.3 Å². The molecule has 1 aromatic heterocycles. The number of benzene rings is 1. The van der Waals surface area contributed by atoms with E-state index in [2.05, 4.69) is 6.07 Å². The summed E-state index contributed by atoms with van der Waals surface area (Å²) in [4.78, 5) is 13.9. The molecule has 2 heterocycles. The summed E-state index contributed by atoms with van der Waals surface area (Å²) in [6.07, 6.45) is 1.68. The number of nitro benzene ring substituents is 1. The number of anilines is 1. The van der Waals surface area contributed by atoms with Gasteiger partial charge in [-0.2, -0.15) is 5.26 Å². The van der Waals surface area contributed by atoms with Crippen LogP contribution in [0.3, 0.4) is 0 Å². The number of morpholine rings is 1. The highest BCUT2D eigenvalue weighted by molar-refractivity contribution is 7.11. The number of hydrogen-bond donors (Lipinski definition) is 0. The summed E-state index contributed by atoms with van der Waals surface area (Å²) >= 11 is 1.46. The van der Waals surface area contributed by atoms with Crippen LogP contribution in [0.5, 0.6) is 0 Å². The highest BCUT2D eigenvalue weighted by Crippen LogP contribution is 2.31. The molecule has 0 spiro atoms. The number of ether oxygens (including phenoxy) is 1. The van der Waals surface area contributed by atoms with Crippen LogP contribution in [-0.2, 0) is 4.74 Å². The van der Waals surface area contributed by atoms with Crippen LogP contribution < -0.4 is 4.90 Å². The van der Waals surface area contributed by atoms with E-state index in [4.69, 9.17) is 4.74 Å². The first kappa shape index (κ1) is 16.2. The molecule has 6 nitrogen and oxygen atoms in total. The molecular weight excluding hydrogens is 326 g/mol. The lowest BCUT2D eigenvalue weighted by Crippen LogP contribution is -2.36. The van der Waals surface area contributed by atoms with Crippen LogP contribution in [0.2, 0.25) is 0 Å². The lowest BCUT2D eigenvalue weighted by molar-refractivity contribution is -0.384. The molecule has 1 saturated heterocycles. The molecular formula is C17H15N3O3S. The predicted molar refractivity (Wildman–Crippen MR) is 93.9 cm³/mol. The van der Waals surface area contributed by atoms with Crippen LogP contribution in [0, 0.1) is 21.4 Å². The summed E-state index contributed by atoms with van der Waals surface area (Å²) in [6, 6.07) is 11.0. The van der Waals surface area contributed by atoms with Crippen LogP contribution in [0.25, 0.3) is 11.6 Å². The van der Waals surface area contributed by atoms with Crippen molar-refractivity contribution in [1.82, 2.24) is 0 Å². The maximum Gasteiger partial charge on any atom is 0.293 e. The maximum absolute atomic E-state index is 11.5. The van der Waals surface area contributed by atoms with E-state index >= 15 is 0 Å². The molecule has 1 aliphatic heterocycles. The molecule has 0 saturated carbocycles. The van der Waals surface area contributed by atoms with E-state index in [1.54, 1.807) is 12.1 Å². The number of thiophene rings is 1. The van der Waals surface area contributed by atoms with Gasteiger partial charge in [0.2, 0.25) is 0 Å². The highest BCUT2D eigenvalue weighted by atomic mass is 32.1. The summed E-state index contributed by atoms with van der Waals surface area (Å²) in [6.45, 7) is 2.40. The minimum Gasteiger partial charge on any atom is -0.378 e. The summed E-state index contributed by atoms with van der Waals surface area (Å²) in [5.74, 6) is 0. The Bertz CT molecular complexity index is 803. The fourth-order valence-electron chi connectivity index (χ4n) is 2.61. The van der Waals surface area contributed by atoms with E-state index in [0.717, 1.165) is 4.88 Å². The molecule has 7 heteroatoms. The molecule has 2 aromatic rings. The Morgan fingerprint density at radius 3 is 2.79 bits per heavy atom. The molecule has 1 aliphatic rings. The van der Waals surface area contributed by atoms with Crippen LogP contribution in [0.4, 0.5) is 11.4 Å². The van der Waals surface area contributed by atoms with Crippen molar-refractivity contribution in [3.63, 3.8) is 0 Å². The number of nitriles is 1. The topological polar surface area (TPSA) is 79.4 Å². The molecule has 0 aliphatic carbocycles. The molecule has 0 bridgehead atoms. The average molecular weight is 341 g/mol. The monoisotopic (exact) mass is 341 g/mol. The minimum atomic E-state index is -0.376. The third-order valence-corrected chi connectivity index (χ3v) is 4.67. The second-order valence-electron chi connectivity index (χ2n) is 5.25. The van der Waals surface area contributed by atoms with Crippen molar-refractivity contribution in [3.05, 3.63) is 56.3 Å². The number of nitro groups is 1. The predicted octanol–water partition coefficient (Wildman–Crippen LogP) is 3.56. The number of nitrogens with zero attached hydrogens (tertiary/aromatic N) is 3. The maximum atomic E-state index is 11.5. The van der Waals surface area contributed by atoms with Crippen LogP contribution in [0.15, 0.2) is 35.7 Å². The van der Waals surface area contributed by atoms with E-state index in [9.17, 15) is 15.4 Å². The highest BCUT2D eigenvalue weighted by Gasteiger charge is 2.21. The Hall–Kier alpha value is -2.69. The quantitative estimate of drug-likeness (QED) is 0.483. The summed E-state index contributed by atoms with van der Waals surface area (Å²) in [5, 5.41) is 22.7. The van der Waals surface area contributed by atoms with E-state index in [1.807, 2.05) is 28.5 Å². The molecule has 0 radical (unpaired) electrons. The van der Waals surface area contributed by atoms with Gasteiger partial charge in [-0.25, -0.2) is 0 Å². The Kier molecular flexibility index (Phi) is 4.89. The van der Waals surface area contributed by atoms with Crippen LogP contribution in [-0.4, -0.2) is 31.2 Å². The van der Waals surface area contributed by atoms with Gasteiger partial charge in [0.1, 0.15) is 11.8 Å². The third-order valence-electron chi connectivity index (χ3n) is 3.77. The molecule has 0 N–H and O–H groups in total. The summed E-state index contributed by atoms with van der Waals surface area (Å²) in [5.41, 5.74) is 1.78. The molecule has 1 fully saturated rings. The molecule has 1 aromatic carbocycles. The van der Waals surface area contributed by atoms with Crippen molar-refractivity contribution in [2.45, 2.75) is 0 Å². The second kappa shape index (κ2) is 7.25. The van der Waals surface area contributed by atoms with Gasteiger partial charge in [-0.05, 0) is 29.2 Å². The zero-order valence-corrected chi connectivity index (χ0v) is 13.7. The van der Waals surface area contributed by atoms with Crippen LogP contribution in [0.1, 0.15) is 10.4 Å². The number of allylic oxidation sites excluding steroid dienone is 1. The molecule has 3 rings (SSSR count). The average Bonchev–Trinajstić information content (AvgIpc) is 3.14. The first-order valence-corrected chi connectivity index (χ1v) is 8.34. The standard InChI is InChI=1S/C17H15N3O3S/c18-12-14(17-2-1-9-24-17)10-13-3-4-15(16(11-13)20(21)22)19-5-7-23-8-6-19/h1-4,9-11H,5-8H2. The SMILES string of the molecule is N#CC(=Cc1ccc(N2CCOCC2)c([N+](=O)[O-])c1)c1cccs1. The van der Waals surface area contributed by atoms with Gasteiger partial charge >= 0.3 is 0 Å². The molecule has 0 unspecified atom stereocenters. The lowest BCUT2D eigenvalue weighted by Gasteiger charge is -2.28. The largest absolute Gasteiger partial charge is 0.378 e. The molecule has 0 amide bonds. The van der Waals surface area contributed by atoms with E-state index < -0.39 is 0 Å². The molecule has 122 valence electrons. The number of hydrogen-bond acceptors (Lipinski definition) is 6. The van der Waals surface area contributed by atoms with Gasteiger partial charge in [0.25, 0.3) is 5.69 Å². The lowest BCUT2D eigenvalue weighted by atomic mass is 10.1. The van der Waals surface area contributed by atoms with E-state index in [1.165, 1.54) is 17.4 Å². The zero-order valence-electron chi connectivity index (χ0n) is 12.8. The van der Waals surface area contributed by atoms with Gasteiger partial charge in [0.05, 0.1) is 23.7 Å². The van der Waals surface area contributed by atoms with Crippen LogP contribution >= 0.6 is 11.3 Å². The van der Waals surface area contributed by atoms with Crippen molar-refractivity contribution < 1.29 is 9.66 Å². The molecule has 24 heavy (non-hydrogen) atoms. The first-order valence-electron chi connectivity index (χ1n) is 7.46. The van der Waals surface area contributed by atoms with Crippen molar-refractivity contribution in [2.24, 2.45) is 0 Å². The zero-order chi connectivity index (χ0) is 16.9. The number of rotatable bonds is 4. The van der Waals surface area contributed by atoms with Crippen molar-refractivity contribution in [1.29, 1.82) is 5.26 Å². The Balaban J connectivity index is 1.97. The smallest absolute Gasteiger partial charge is 0.293 e. The normalized spacial score (nSPS) is 15.1. The first-order chi connectivity index (χ1) is 11.7. The van der Waals surface area contributed by atoms with Crippen molar-refractivity contribution >= 4 is 34.4 Å². The van der Waals surface area contributed by atoms with Crippen molar-refractivity contribution in [3.8, 4) is 6.07 Å². The summed E-state index contributed by atoms with van der Waals surface area (Å²) in [7, 11) is 0. The van der Waals surface area contributed by atoms with E-state index in [0.29, 0.717) is 43.1 Å². The van der Waals surface area contributed by atoms with Gasteiger partial charge in [-0.3, -0.25) is 10.1 Å². The Morgan fingerprint density at radius 2 is 2.17 bits per heavy atom. The van der Waals surface area contributed by atoms with Gasteiger partial charge in [-0.1, -0.05) is 12.1 Å². The Labute approximate surface area is 143 Å². The van der Waals surface area contributed by atoms with E-state index in [-0.39, 0.29) is 10.6 Å². The fraction of sp³-hybridized carbons (Fsp3) is 0.235. The van der Waals surface area contributed by atoms with Gasteiger partial charge < -0.3 is 9.64 Å². The summed E-state index contributed by atoms with van der Waals surface area (Å²) < 4.78 is 5.30. The second-order valence-corrected chi connectivity index (χ2v) is 6.20. The van der Waals surface area contributed by atoms with Gasteiger partial charge in [0, 0.05) is 24.0 Å². The third kappa shape index (κ3) is 3.45. The Morgan fingerprint density at radius 1 is 1.38 bits per heavy atom. The van der Waals surface area contributed by atoms with Crippen molar-refractivity contribution in [2.75, 3.05) is 31.2 Å².